The number of carbonyl (C=O) groups is 1. The lowest BCUT2D eigenvalue weighted by atomic mass is 10.1. The van der Waals surface area contributed by atoms with Crippen LogP contribution in [0.25, 0.3) is 0 Å². The minimum Gasteiger partial charge on any atom is -0.389 e. The molecule has 2 heterocycles. The standard InChI is InChI=1S/C19H29N3O3/c1-15-3-2-4-16(13-15)22-10-8-21(9-11-22)7-5-19(24)20-17-6-12-25-14-18(17)23/h2-4,13,17-18,23H,5-12,14H2,1H3,(H,20,24)/t17-,18-/m1/s1. The molecule has 2 fully saturated rings. The summed E-state index contributed by atoms with van der Waals surface area (Å²) in [6, 6.07) is 8.44. The molecule has 0 spiro atoms. The molecule has 2 aliphatic heterocycles. The second kappa shape index (κ2) is 8.65. The lowest BCUT2D eigenvalue weighted by molar-refractivity contribution is -0.124. The summed E-state index contributed by atoms with van der Waals surface area (Å²) in [7, 11) is 0. The lowest BCUT2D eigenvalue weighted by Gasteiger charge is -2.36. The number of aliphatic hydroxyl groups is 1. The van der Waals surface area contributed by atoms with Crippen LogP contribution in [0.2, 0.25) is 0 Å². The Morgan fingerprint density at radius 3 is 2.84 bits per heavy atom. The molecule has 2 N–H and O–H groups in total. The van der Waals surface area contributed by atoms with E-state index in [4.69, 9.17) is 4.74 Å². The summed E-state index contributed by atoms with van der Waals surface area (Å²) in [6.07, 6.45) is 0.576. The molecule has 25 heavy (non-hydrogen) atoms. The summed E-state index contributed by atoms with van der Waals surface area (Å²) >= 11 is 0. The summed E-state index contributed by atoms with van der Waals surface area (Å²) < 4.78 is 5.19. The minimum absolute atomic E-state index is 0.0204. The van der Waals surface area contributed by atoms with E-state index in [1.165, 1.54) is 11.3 Å². The average molecular weight is 347 g/mol. The van der Waals surface area contributed by atoms with Crippen LogP contribution in [-0.2, 0) is 9.53 Å². The summed E-state index contributed by atoms with van der Waals surface area (Å²) in [5.41, 5.74) is 2.57. The van der Waals surface area contributed by atoms with Gasteiger partial charge in [-0.05, 0) is 31.0 Å². The molecule has 1 aromatic carbocycles. The van der Waals surface area contributed by atoms with Crippen LogP contribution in [0.15, 0.2) is 24.3 Å². The van der Waals surface area contributed by atoms with Crippen molar-refractivity contribution in [3.8, 4) is 0 Å². The number of aliphatic hydroxyl groups excluding tert-OH is 1. The molecule has 2 atom stereocenters. The smallest absolute Gasteiger partial charge is 0.221 e. The summed E-state index contributed by atoms with van der Waals surface area (Å²) in [6.45, 7) is 7.73. The number of aryl methyl sites for hydroxylation is 1. The molecule has 0 bridgehead atoms. The van der Waals surface area contributed by atoms with Crippen LogP contribution in [0.3, 0.4) is 0 Å². The van der Waals surface area contributed by atoms with Gasteiger partial charge in [0.1, 0.15) is 0 Å². The highest BCUT2D eigenvalue weighted by molar-refractivity contribution is 5.76. The first-order chi connectivity index (χ1) is 12.1. The van der Waals surface area contributed by atoms with Gasteiger partial charge >= 0.3 is 0 Å². The number of amides is 1. The number of benzene rings is 1. The van der Waals surface area contributed by atoms with Crippen LogP contribution < -0.4 is 10.2 Å². The summed E-state index contributed by atoms with van der Waals surface area (Å²) in [5.74, 6) is 0.0204. The van der Waals surface area contributed by atoms with Crippen LogP contribution in [-0.4, -0.2) is 74.0 Å². The molecule has 2 aliphatic rings. The van der Waals surface area contributed by atoms with Gasteiger partial charge in [-0.2, -0.15) is 0 Å². The van der Waals surface area contributed by atoms with Crippen LogP contribution in [0.5, 0.6) is 0 Å². The van der Waals surface area contributed by atoms with Crippen molar-refractivity contribution >= 4 is 11.6 Å². The fourth-order valence-electron chi connectivity index (χ4n) is 3.48. The number of rotatable bonds is 5. The Kier molecular flexibility index (Phi) is 6.29. The molecule has 0 aliphatic carbocycles. The fourth-order valence-corrected chi connectivity index (χ4v) is 3.48. The highest BCUT2D eigenvalue weighted by Crippen LogP contribution is 2.17. The van der Waals surface area contributed by atoms with E-state index >= 15 is 0 Å². The monoisotopic (exact) mass is 347 g/mol. The molecular weight excluding hydrogens is 318 g/mol. The number of nitrogens with one attached hydrogen (secondary N) is 1. The molecule has 0 aromatic heterocycles. The van der Waals surface area contributed by atoms with Crippen molar-refractivity contribution in [3.63, 3.8) is 0 Å². The highest BCUT2D eigenvalue weighted by Gasteiger charge is 2.25. The third-order valence-electron chi connectivity index (χ3n) is 5.07. The average Bonchev–Trinajstić information content (AvgIpc) is 2.62. The number of nitrogens with zero attached hydrogens (tertiary/aromatic N) is 2. The van der Waals surface area contributed by atoms with Gasteiger partial charge in [0.25, 0.3) is 0 Å². The van der Waals surface area contributed by atoms with E-state index in [1.54, 1.807) is 0 Å². The quantitative estimate of drug-likeness (QED) is 0.824. The first-order valence-electron chi connectivity index (χ1n) is 9.21. The lowest BCUT2D eigenvalue weighted by Crippen LogP contribution is -2.50. The Balaban J connectivity index is 1.38. The molecule has 2 saturated heterocycles. The van der Waals surface area contributed by atoms with Gasteiger partial charge < -0.3 is 20.1 Å². The zero-order valence-corrected chi connectivity index (χ0v) is 15.0. The SMILES string of the molecule is Cc1cccc(N2CCN(CCC(=O)N[C@@H]3CCOC[C@H]3O)CC2)c1. The maximum Gasteiger partial charge on any atom is 0.221 e. The van der Waals surface area contributed by atoms with Gasteiger partial charge in [0.2, 0.25) is 5.91 Å². The number of piperazine rings is 1. The predicted octanol–water partition coefficient (Wildman–Crippen LogP) is 0.773. The molecule has 0 radical (unpaired) electrons. The van der Waals surface area contributed by atoms with Crippen molar-refractivity contribution in [1.82, 2.24) is 10.2 Å². The van der Waals surface area contributed by atoms with E-state index in [2.05, 4.69) is 46.3 Å². The second-order valence-corrected chi connectivity index (χ2v) is 7.02. The van der Waals surface area contributed by atoms with Gasteiger partial charge in [-0.1, -0.05) is 12.1 Å². The number of ether oxygens (including phenoxy) is 1. The predicted molar refractivity (Wildman–Crippen MR) is 97.8 cm³/mol. The van der Waals surface area contributed by atoms with E-state index in [9.17, 15) is 9.90 Å². The first-order valence-corrected chi connectivity index (χ1v) is 9.21. The van der Waals surface area contributed by atoms with Gasteiger partial charge in [0, 0.05) is 51.4 Å². The Hall–Kier alpha value is -1.63. The maximum atomic E-state index is 12.1. The third-order valence-corrected chi connectivity index (χ3v) is 5.07. The largest absolute Gasteiger partial charge is 0.389 e. The van der Waals surface area contributed by atoms with Gasteiger partial charge in [0.15, 0.2) is 0 Å². The zero-order valence-electron chi connectivity index (χ0n) is 15.0. The molecule has 0 unspecified atom stereocenters. The van der Waals surface area contributed by atoms with Crippen molar-refractivity contribution in [2.75, 3.05) is 50.8 Å². The topological polar surface area (TPSA) is 65.0 Å². The molecule has 0 saturated carbocycles. The van der Waals surface area contributed by atoms with Crippen molar-refractivity contribution in [2.24, 2.45) is 0 Å². The molecule has 138 valence electrons. The van der Waals surface area contributed by atoms with E-state index in [1.807, 2.05) is 0 Å². The van der Waals surface area contributed by atoms with Crippen molar-refractivity contribution in [1.29, 1.82) is 0 Å². The van der Waals surface area contributed by atoms with Gasteiger partial charge in [-0.3, -0.25) is 9.69 Å². The van der Waals surface area contributed by atoms with Crippen LogP contribution >= 0.6 is 0 Å². The molecule has 6 heteroatoms. The van der Waals surface area contributed by atoms with Crippen LogP contribution in [0.1, 0.15) is 18.4 Å². The second-order valence-electron chi connectivity index (χ2n) is 7.02. The number of carbonyl (C=O) groups excluding carboxylic acids is 1. The first kappa shape index (κ1) is 18.2. The summed E-state index contributed by atoms with van der Waals surface area (Å²) in [5, 5.41) is 12.8. The van der Waals surface area contributed by atoms with Gasteiger partial charge in [-0.15, -0.1) is 0 Å². The normalized spacial score (nSPS) is 25.0. The van der Waals surface area contributed by atoms with Crippen molar-refractivity contribution in [2.45, 2.75) is 31.9 Å². The Morgan fingerprint density at radius 1 is 1.32 bits per heavy atom. The summed E-state index contributed by atoms with van der Waals surface area (Å²) in [4.78, 5) is 16.9. The molecule has 1 amide bonds. The van der Waals surface area contributed by atoms with Crippen molar-refractivity contribution < 1.29 is 14.6 Å². The Labute approximate surface area is 149 Å². The maximum absolute atomic E-state index is 12.1. The number of hydrogen-bond donors (Lipinski definition) is 2. The number of hydrogen-bond acceptors (Lipinski definition) is 5. The molecule has 1 aromatic rings. The van der Waals surface area contributed by atoms with Gasteiger partial charge in [-0.25, -0.2) is 0 Å². The van der Waals surface area contributed by atoms with E-state index < -0.39 is 6.10 Å². The molecule has 3 rings (SSSR count). The van der Waals surface area contributed by atoms with Crippen LogP contribution in [0, 0.1) is 6.92 Å². The van der Waals surface area contributed by atoms with Crippen LogP contribution in [0.4, 0.5) is 5.69 Å². The molecular formula is C19H29N3O3. The van der Waals surface area contributed by atoms with E-state index in [0.717, 1.165) is 32.7 Å². The number of anilines is 1. The highest BCUT2D eigenvalue weighted by atomic mass is 16.5. The zero-order chi connectivity index (χ0) is 17.6. The Morgan fingerprint density at radius 2 is 2.12 bits per heavy atom. The fraction of sp³-hybridized carbons (Fsp3) is 0.632. The molecule has 6 nitrogen and oxygen atoms in total. The van der Waals surface area contributed by atoms with E-state index in [0.29, 0.717) is 26.1 Å². The van der Waals surface area contributed by atoms with Crippen molar-refractivity contribution in [3.05, 3.63) is 29.8 Å². The van der Waals surface area contributed by atoms with Gasteiger partial charge in [0.05, 0.1) is 18.8 Å². The minimum atomic E-state index is -0.587. The van der Waals surface area contributed by atoms with E-state index in [-0.39, 0.29) is 11.9 Å². The third kappa shape index (κ3) is 5.17. The Bertz CT molecular complexity index is 573.